The van der Waals surface area contributed by atoms with Crippen LogP contribution in [-0.4, -0.2) is 11.7 Å². The predicted molar refractivity (Wildman–Crippen MR) is 75.8 cm³/mol. The molecule has 0 saturated carbocycles. The van der Waals surface area contributed by atoms with Gasteiger partial charge in [0.1, 0.15) is 0 Å². The molecule has 0 radical (unpaired) electrons. The van der Waals surface area contributed by atoms with Gasteiger partial charge in [0.05, 0.1) is 11.7 Å². The lowest BCUT2D eigenvalue weighted by Gasteiger charge is -2.19. The monoisotopic (exact) mass is 240 g/mol. The third-order valence-corrected chi connectivity index (χ3v) is 3.83. The van der Waals surface area contributed by atoms with Crippen LogP contribution in [0.2, 0.25) is 0 Å². The number of hydrogen-bond donors (Lipinski definition) is 0. The first-order valence-electron chi connectivity index (χ1n) is 6.78. The summed E-state index contributed by atoms with van der Waals surface area (Å²) in [6.07, 6.45) is 3.78. The lowest BCUT2D eigenvalue weighted by Crippen LogP contribution is -2.21. The first-order chi connectivity index (χ1) is 8.62. The zero-order valence-electron chi connectivity index (χ0n) is 11.1. The molecule has 1 heterocycles. The third-order valence-electron chi connectivity index (χ3n) is 3.83. The highest BCUT2D eigenvalue weighted by atomic mass is 16.5. The average molecular weight is 240 g/mol. The van der Waals surface area contributed by atoms with Crippen LogP contribution in [-0.2, 0) is 11.2 Å². The molecule has 1 aliphatic rings. The molecular formula is C17H20O. The van der Waals surface area contributed by atoms with Crippen LogP contribution in [0, 0.1) is 0 Å². The molecule has 0 aliphatic carbocycles. The van der Waals surface area contributed by atoms with E-state index in [1.807, 2.05) is 0 Å². The highest BCUT2D eigenvalue weighted by molar-refractivity contribution is 5.82. The Kier molecular flexibility index (Phi) is 2.87. The van der Waals surface area contributed by atoms with Gasteiger partial charge in [-0.1, -0.05) is 42.5 Å². The highest BCUT2D eigenvalue weighted by Crippen LogP contribution is 2.31. The van der Waals surface area contributed by atoms with Crippen molar-refractivity contribution in [2.24, 2.45) is 0 Å². The molecule has 1 heteroatoms. The highest BCUT2D eigenvalue weighted by Gasteiger charge is 2.31. The summed E-state index contributed by atoms with van der Waals surface area (Å²) < 4.78 is 6.06. The molecular weight excluding hydrogens is 220 g/mol. The van der Waals surface area contributed by atoms with Crippen molar-refractivity contribution < 1.29 is 4.74 Å². The zero-order chi connectivity index (χ0) is 12.6. The second kappa shape index (κ2) is 4.40. The fraction of sp³-hybridized carbons (Fsp3) is 0.412. The van der Waals surface area contributed by atoms with E-state index in [-0.39, 0.29) is 5.60 Å². The van der Waals surface area contributed by atoms with Gasteiger partial charge in [0.15, 0.2) is 0 Å². The summed E-state index contributed by atoms with van der Waals surface area (Å²) in [5.74, 6) is 0. The standard InChI is InChI=1S/C17H20O/c1-17(2)10-9-16(18-17)12-13-7-8-14-5-3-4-6-15(14)11-13/h3-8,11,16H,9-10,12H2,1-2H3. The zero-order valence-corrected chi connectivity index (χ0v) is 11.1. The Morgan fingerprint density at radius 1 is 1.11 bits per heavy atom. The Bertz CT molecular complexity index is 556. The van der Waals surface area contributed by atoms with Crippen LogP contribution in [0.3, 0.4) is 0 Å². The van der Waals surface area contributed by atoms with Gasteiger partial charge in [-0.15, -0.1) is 0 Å². The minimum atomic E-state index is 0.0709. The van der Waals surface area contributed by atoms with Crippen LogP contribution in [0.25, 0.3) is 10.8 Å². The van der Waals surface area contributed by atoms with E-state index >= 15 is 0 Å². The molecule has 0 aromatic heterocycles. The van der Waals surface area contributed by atoms with Crippen molar-refractivity contribution in [3.05, 3.63) is 48.0 Å². The first-order valence-corrected chi connectivity index (χ1v) is 6.78. The SMILES string of the molecule is CC1(C)CCC(Cc2ccc3ccccc3c2)O1. The van der Waals surface area contributed by atoms with E-state index < -0.39 is 0 Å². The second-order valence-corrected chi connectivity index (χ2v) is 5.92. The molecule has 0 N–H and O–H groups in total. The van der Waals surface area contributed by atoms with Crippen LogP contribution in [0.1, 0.15) is 32.3 Å². The van der Waals surface area contributed by atoms with E-state index in [4.69, 9.17) is 4.74 Å². The molecule has 1 nitrogen and oxygen atoms in total. The molecule has 2 aromatic rings. The van der Waals surface area contributed by atoms with Crippen LogP contribution in [0.5, 0.6) is 0 Å². The van der Waals surface area contributed by atoms with Crippen molar-refractivity contribution in [3.8, 4) is 0 Å². The number of ether oxygens (including phenoxy) is 1. The van der Waals surface area contributed by atoms with Gasteiger partial charge in [0, 0.05) is 0 Å². The molecule has 1 unspecified atom stereocenters. The van der Waals surface area contributed by atoms with Crippen molar-refractivity contribution in [2.45, 2.75) is 44.8 Å². The molecule has 0 spiro atoms. The molecule has 18 heavy (non-hydrogen) atoms. The molecule has 1 saturated heterocycles. The van der Waals surface area contributed by atoms with E-state index in [2.05, 4.69) is 56.3 Å². The van der Waals surface area contributed by atoms with Crippen LogP contribution in [0.4, 0.5) is 0 Å². The molecule has 1 fully saturated rings. The number of fused-ring (bicyclic) bond motifs is 1. The minimum Gasteiger partial charge on any atom is -0.372 e. The maximum Gasteiger partial charge on any atom is 0.0631 e. The Balaban J connectivity index is 1.79. The molecule has 0 amide bonds. The van der Waals surface area contributed by atoms with Gasteiger partial charge in [-0.3, -0.25) is 0 Å². The minimum absolute atomic E-state index is 0.0709. The Morgan fingerprint density at radius 3 is 2.61 bits per heavy atom. The largest absolute Gasteiger partial charge is 0.372 e. The summed E-state index contributed by atoms with van der Waals surface area (Å²) in [5, 5.41) is 2.64. The van der Waals surface area contributed by atoms with Crippen LogP contribution in [0.15, 0.2) is 42.5 Å². The topological polar surface area (TPSA) is 9.23 Å². The normalized spacial score (nSPS) is 22.4. The number of benzene rings is 2. The van der Waals surface area contributed by atoms with Gasteiger partial charge in [0.25, 0.3) is 0 Å². The van der Waals surface area contributed by atoms with E-state index in [9.17, 15) is 0 Å². The molecule has 1 atom stereocenters. The van der Waals surface area contributed by atoms with Gasteiger partial charge in [0.2, 0.25) is 0 Å². The predicted octanol–water partition coefficient (Wildman–Crippen LogP) is 4.34. The molecule has 3 rings (SSSR count). The van der Waals surface area contributed by atoms with Crippen molar-refractivity contribution in [2.75, 3.05) is 0 Å². The maximum atomic E-state index is 6.06. The number of rotatable bonds is 2. The summed E-state index contributed by atoms with van der Waals surface area (Å²) in [7, 11) is 0. The Morgan fingerprint density at radius 2 is 1.89 bits per heavy atom. The maximum absolute atomic E-state index is 6.06. The molecule has 2 aromatic carbocycles. The first kappa shape index (κ1) is 11.7. The smallest absolute Gasteiger partial charge is 0.0631 e. The summed E-state index contributed by atoms with van der Waals surface area (Å²) in [6.45, 7) is 4.38. The van der Waals surface area contributed by atoms with Crippen molar-refractivity contribution >= 4 is 10.8 Å². The molecule has 0 bridgehead atoms. The van der Waals surface area contributed by atoms with E-state index in [1.165, 1.54) is 29.2 Å². The summed E-state index contributed by atoms with van der Waals surface area (Å²) in [6, 6.07) is 15.3. The van der Waals surface area contributed by atoms with Crippen molar-refractivity contribution in [1.82, 2.24) is 0 Å². The molecule has 94 valence electrons. The summed E-state index contributed by atoms with van der Waals surface area (Å²) in [4.78, 5) is 0. The number of hydrogen-bond acceptors (Lipinski definition) is 1. The van der Waals surface area contributed by atoms with Gasteiger partial charge in [-0.25, -0.2) is 0 Å². The van der Waals surface area contributed by atoms with Gasteiger partial charge in [-0.2, -0.15) is 0 Å². The fourth-order valence-electron chi connectivity index (χ4n) is 2.85. The fourth-order valence-corrected chi connectivity index (χ4v) is 2.85. The second-order valence-electron chi connectivity index (χ2n) is 5.92. The van der Waals surface area contributed by atoms with Gasteiger partial charge >= 0.3 is 0 Å². The van der Waals surface area contributed by atoms with Crippen LogP contribution < -0.4 is 0 Å². The Labute approximate surface area is 109 Å². The van der Waals surface area contributed by atoms with Gasteiger partial charge < -0.3 is 4.74 Å². The van der Waals surface area contributed by atoms with Crippen molar-refractivity contribution in [3.63, 3.8) is 0 Å². The lowest BCUT2D eigenvalue weighted by molar-refractivity contribution is -0.0145. The Hall–Kier alpha value is -1.34. The van der Waals surface area contributed by atoms with E-state index in [0.717, 1.165) is 6.42 Å². The van der Waals surface area contributed by atoms with Crippen LogP contribution >= 0.6 is 0 Å². The van der Waals surface area contributed by atoms with E-state index in [1.54, 1.807) is 0 Å². The summed E-state index contributed by atoms with van der Waals surface area (Å²) >= 11 is 0. The third kappa shape index (κ3) is 2.41. The molecule has 1 aliphatic heterocycles. The van der Waals surface area contributed by atoms with Crippen molar-refractivity contribution in [1.29, 1.82) is 0 Å². The van der Waals surface area contributed by atoms with E-state index in [0.29, 0.717) is 6.10 Å². The quantitative estimate of drug-likeness (QED) is 0.758. The van der Waals surface area contributed by atoms with Gasteiger partial charge in [-0.05, 0) is 49.4 Å². The lowest BCUT2D eigenvalue weighted by atomic mass is 10.0. The average Bonchev–Trinajstić information content (AvgIpc) is 2.68. The summed E-state index contributed by atoms with van der Waals surface area (Å²) in [5.41, 5.74) is 1.46.